The summed E-state index contributed by atoms with van der Waals surface area (Å²) in [6.07, 6.45) is 0. The Hall–Kier alpha value is -3.19. The number of fused-ring (bicyclic) bond motifs is 1. The molecule has 7 nitrogen and oxygen atoms in total. The Morgan fingerprint density at radius 1 is 1.04 bits per heavy atom. The highest BCUT2D eigenvalue weighted by atomic mass is 16.3. The molecule has 0 aliphatic rings. The third-order valence-electron chi connectivity index (χ3n) is 4.21. The number of benzene rings is 2. The summed E-state index contributed by atoms with van der Waals surface area (Å²) in [5, 5.41) is 19.3. The van der Waals surface area contributed by atoms with Gasteiger partial charge in [0, 0.05) is 30.7 Å². The number of aromatic nitrogens is 1. The molecule has 3 rings (SSSR count). The monoisotopic (exact) mass is 365 g/mol. The van der Waals surface area contributed by atoms with Gasteiger partial charge in [0.1, 0.15) is 0 Å². The lowest BCUT2D eigenvalue weighted by atomic mass is 10.2. The van der Waals surface area contributed by atoms with Crippen molar-refractivity contribution in [2.24, 2.45) is 10.2 Å². The van der Waals surface area contributed by atoms with Gasteiger partial charge in [0.25, 0.3) is 5.91 Å². The summed E-state index contributed by atoms with van der Waals surface area (Å²) in [6, 6.07) is 14.6. The maximum absolute atomic E-state index is 12.4. The Balaban J connectivity index is 1.93. The predicted octanol–water partition coefficient (Wildman–Crippen LogP) is 3.86. The maximum Gasteiger partial charge on any atom is 0.295 e. The van der Waals surface area contributed by atoms with Gasteiger partial charge in [-0.25, -0.2) is 0 Å². The standard InChI is InChI=1S/C20H23N5O2/c1-23(2)13-25-17-8-6-5-7-16(17)18(20(25)27)21-22-19(26)14-9-11-15(12-10-14)24(3)4/h5-12,27H,13H2,1-4H3. The molecule has 0 fully saturated rings. The minimum absolute atomic E-state index is 0.00981. The molecule has 0 saturated heterocycles. The van der Waals surface area contributed by atoms with Crippen LogP contribution in [0.3, 0.4) is 0 Å². The first-order valence-electron chi connectivity index (χ1n) is 8.57. The van der Waals surface area contributed by atoms with Crippen molar-refractivity contribution >= 4 is 28.2 Å². The Labute approximate surface area is 158 Å². The van der Waals surface area contributed by atoms with Crippen LogP contribution in [0.15, 0.2) is 58.8 Å². The molecule has 1 N–H and O–H groups in total. The minimum Gasteiger partial charge on any atom is -0.493 e. The van der Waals surface area contributed by atoms with Crippen LogP contribution >= 0.6 is 0 Å². The van der Waals surface area contributed by atoms with Crippen LogP contribution in [0.1, 0.15) is 10.4 Å². The highest BCUT2D eigenvalue weighted by molar-refractivity contribution is 5.97. The SMILES string of the molecule is CN(C)Cn1c(O)c(N=NC(=O)c2ccc(N(C)C)cc2)c2ccccc21. The second-order valence-corrected chi connectivity index (χ2v) is 6.78. The van der Waals surface area contributed by atoms with Crippen LogP contribution in [0.25, 0.3) is 10.9 Å². The van der Waals surface area contributed by atoms with E-state index in [9.17, 15) is 9.90 Å². The van der Waals surface area contributed by atoms with E-state index in [0.717, 1.165) is 16.6 Å². The molecule has 140 valence electrons. The van der Waals surface area contributed by atoms with Crippen LogP contribution in [0.4, 0.5) is 11.4 Å². The Morgan fingerprint density at radius 2 is 1.70 bits per heavy atom. The third kappa shape index (κ3) is 3.83. The van der Waals surface area contributed by atoms with Crippen molar-refractivity contribution in [2.45, 2.75) is 6.67 Å². The third-order valence-corrected chi connectivity index (χ3v) is 4.21. The Kier molecular flexibility index (Phi) is 5.23. The Morgan fingerprint density at radius 3 is 2.33 bits per heavy atom. The number of para-hydroxylation sites is 1. The van der Waals surface area contributed by atoms with Crippen molar-refractivity contribution in [1.29, 1.82) is 0 Å². The lowest BCUT2D eigenvalue weighted by Crippen LogP contribution is -2.16. The summed E-state index contributed by atoms with van der Waals surface area (Å²) in [7, 11) is 7.69. The molecule has 0 aliphatic carbocycles. The van der Waals surface area contributed by atoms with Gasteiger partial charge in [0.2, 0.25) is 5.88 Å². The number of amides is 1. The number of hydrogen-bond donors (Lipinski definition) is 1. The molecule has 0 aliphatic heterocycles. The van der Waals surface area contributed by atoms with Gasteiger partial charge in [-0.05, 0) is 44.4 Å². The zero-order chi connectivity index (χ0) is 19.6. The predicted molar refractivity (Wildman–Crippen MR) is 107 cm³/mol. The summed E-state index contributed by atoms with van der Waals surface area (Å²) in [5.41, 5.74) is 2.57. The number of aromatic hydroxyl groups is 1. The van der Waals surface area contributed by atoms with Gasteiger partial charge in [0.05, 0.1) is 12.2 Å². The fourth-order valence-corrected chi connectivity index (χ4v) is 2.85. The van der Waals surface area contributed by atoms with Crippen LogP contribution < -0.4 is 4.90 Å². The summed E-state index contributed by atoms with van der Waals surface area (Å²) in [6.45, 7) is 0.488. The second kappa shape index (κ2) is 7.59. The lowest BCUT2D eigenvalue weighted by molar-refractivity contribution is 0.0995. The first-order chi connectivity index (χ1) is 12.9. The number of azo groups is 1. The summed E-state index contributed by atoms with van der Waals surface area (Å²) < 4.78 is 1.74. The molecule has 2 aromatic carbocycles. The van der Waals surface area contributed by atoms with Gasteiger partial charge in [-0.1, -0.05) is 18.2 Å². The normalized spacial score (nSPS) is 11.6. The van der Waals surface area contributed by atoms with Crippen LogP contribution in [-0.4, -0.2) is 48.7 Å². The smallest absolute Gasteiger partial charge is 0.295 e. The van der Waals surface area contributed by atoms with Gasteiger partial charge < -0.3 is 10.0 Å². The fourth-order valence-electron chi connectivity index (χ4n) is 2.85. The number of hydrogen-bond acceptors (Lipinski definition) is 5. The summed E-state index contributed by atoms with van der Waals surface area (Å²) in [5.74, 6) is -0.464. The first-order valence-corrected chi connectivity index (χ1v) is 8.57. The van der Waals surface area contributed by atoms with Crippen molar-refractivity contribution in [3.05, 3.63) is 54.1 Å². The van der Waals surface area contributed by atoms with E-state index in [2.05, 4.69) is 10.2 Å². The molecule has 0 bridgehead atoms. The van der Waals surface area contributed by atoms with Crippen molar-refractivity contribution in [2.75, 3.05) is 33.1 Å². The number of carbonyl (C=O) groups excluding carboxylic acids is 1. The van der Waals surface area contributed by atoms with E-state index in [1.54, 1.807) is 16.7 Å². The van der Waals surface area contributed by atoms with E-state index in [1.165, 1.54) is 0 Å². The van der Waals surface area contributed by atoms with E-state index in [-0.39, 0.29) is 5.88 Å². The van der Waals surface area contributed by atoms with Gasteiger partial charge in [0.15, 0.2) is 5.69 Å². The van der Waals surface area contributed by atoms with Crippen molar-refractivity contribution in [1.82, 2.24) is 9.47 Å². The molecule has 3 aromatic rings. The van der Waals surface area contributed by atoms with E-state index < -0.39 is 5.91 Å². The molecule has 27 heavy (non-hydrogen) atoms. The van der Waals surface area contributed by atoms with E-state index in [1.807, 2.05) is 74.4 Å². The topological polar surface area (TPSA) is 73.4 Å². The van der Waals surface area contributed by atoms with E-state index >= 15 is 0 Å². The molecule has 7 heteroatoms. The molecule has 0 saturated carbocycles. The average molecular weight is 365 g/mol. The molecule has 1 amide bonds. The summed E-state index contributed by atoms with van der Waals surface area (Å²) >= 11 is 0. The zero-order valence-electron chi connectivity index (χ0n) is 15.9. The molecule has 0 spiro atoms. The zero-order valence-corrected chi connectivity index (χ0v) is 15.9. The quantitative estimate of drug-likeness (QED) is 0.697. The van der Waals surface area contributed by atoms with Gasteiger partial charge >= 0.3 is 0 Å². The second-order valence-electron chi connectivity index (χ2n) is 6.78. The van der Waals surface area contributed by atoms with Crippen molar-refractivity contribution in [3.8, 4) is 5.88 Å². The van der Waals surface area contributed by atoms with Crippen LogP contribution in [0.2, 0.25) is 0 Å². The van der Waals surface area contributed by atoms with Crippen LogP contribution in [0, 0.1) is 0 Å². The Bertz CT molecular complexity index is 988. The largest absolute Gasteiger partial charge is 0.493 e. The molecule has 0 unspecified atom stereocenters. The maximum atomic E-state index is 12.4. The average Bonchev–Trinajstić information content (AvgIpc) is 2.91. The highest BCUT2D eigenvalue weighted by Gasteiger charge is 2.17. The van der Waals surface area contributed by atoms with E-state index in [0.29, 0.717) is 17.9 Å². The minimum atomic E-state index is -0.454. The molecular formula is C20H23N5O2. The summed E-state index contributed by atoms with van der Waals surface area (Å²) in [4.78, 5) is 16.2. The fraction of sp³-hybridized carbons (Fsp3) is 0.250. The van der Waals surface area contributed by atoms with Crippen LogP contribution in [0.5, 0.6) is 5.88 Å². The van der Waals surface area contributed by atoms with Gasteiger partial charge in [-0.3, -0.25) is 14.3 Å². The number of carbonyl (C=O) groups is 1. The van der Waals surface area contributed by atoms with Crippen molar-refractivity contribution in [3.63, 3.8) is 0 Å². The van der Waals surface area contributed by atoms with Crippen molar-refractivity contribution < 1.29 is 9.90 Å². The highest BCUT2D eigenvalue weighted by Crippen LogP contribution is 2.38. The van der Waals surface area contributed by atoms with Crippen LogP contribution in [-0.2, 0) is 6.67 Å². The number of nitrogens with zero attached hydrogens (tertiary/aromatic N) is 5. The molecule has 1 heterocycles. The first kappa shape index (κ1) is 18.6. The van der Waals surface area contributed by atoms with E-state index in [4.69, 9.17) is 0 Å². The number of anilines is 1. The van der Waals surface area contributed by atoms with Gasteiger partial charge in [-0.2, -0.15) is 0 Å². The molecule has 0 radical (unpaired) electrons. The lowest BCUT2D eigenvalue weighted by Gasteiger charge is -2.12. The number of rotatable bonds is 5. The molecular weight excluding hydrogens is 342 g/mol. The van der Waals surface area contributed by atoms with Gasteiger partial charge in [-0.15, -0.1) is 10.2 Å². The molecule has 1 aromatic heterocycles. The molecule has 0 atom stereocenters.